The van der Waals surface area contributed by atoms with E-state index in [0.29, 0.717) is 31.2 Å². The molecule has 1 aromatic rings. The summed E-state index contributed by atoms with van der Waals surface area (Å²) in [6.45, 7) is 0. The van der Waals surface area contributed by atoms with Crippen LogP contribution in [0.4, 0.5) is 0 Å². The Hall–Kier alpha value is -1.97. The van der Waals surface area contributed by atoms with E-state index in [1.165, 1.54) is 0 Å². The Morgan fingerprint density at radius 2 is 1.72 bits per heavy atom. The van der Waals surface area contributed by atoms with Crippen molar-refractivity contribution < 1.29 is 14.4 Å². The van der Waals surface area contributed by atoms with Crippen LogP contribution in [0.2, 0.25) is 0 Å². The first-order valence-corrected chi connectivity index (χ1v) is 6.10. The third kappa shape index (κ3) is 1.41. The average Bonchev–Trinajstić information content (AvgIpc) is 2.38. The Kier molecular flexibility index (Phi) is 2.33. The fourth-order valence-electron chi connectivity index (χ4n) is 2.98. The molecule has 1 aliphatic heterocycles. The van der Waals surface area contributed by atoms with Gasteiger partial charge in [0.25, 0.3) is 0 Å². The molecule has 2 aliphatic rings. The number of hydrogen-bond acceptors (Lipinski definition) is 3. The van der Waals surface area contributed by atoms with Crippen LogP contribution in [-0.2, 0) is 15.0 Å². The van der Waals surface area contributed by atoms with Crippen LogP contribution in [0.1, 0.15) is 41.6 Å². The first kappa shape index (κ1) is 11.1. The van der Waals surface area contributed by atoms with Gasteiger partial charge in [-0.05, 0) is 18.4 Å². The monoisotopic (exact) mass is 243 g/mol. The zero-order chi connectivity index (χ0) is 12.8. The third-order valence-corrected chi connectivity index (χ3v) is 3.99. The molecule has 0 radical (unpaired) electrons. The van der Waals surface area contributed by atoms with Crippen molar-refractivity contribution in [2.75, 3.05) is 0 Å². The van der Waals surface area contributed by atoms with E-state index in [9.17, 15) is 14.4 Å². The van der Waals surface area contributed by atoms with E-state index < -0.39 is 5.41 Å². The number of hydrogen-bond donors (Lipinski definition) is 1. The Morgan fingerprint density at radius 1 is 1.00 bits per heavy atom. The van der Waals surface area contributed by atoms with Crippen LogP contribution in [-0.4, -0.2) is 17.6 Å². The number of piperidine rings is 1. The molecule has 4 heteroatoms. The molecule has 18 heavy (non-hydrogen) atoms. The highest BCUT2D eigenvalue weighted by molar-refractivity contribution is 6.08. The standard InChI is InChI=1S/C14H13NO3/c16-11-5-7-14(8-6-12(17)15-13(14)18)10-4-2-1-3-9(10)11/h1-4H,5-8H2,(H,15,17,18)/t14-/m1/s1. The molecule has 1 spiro atoms. The summed E-state index contributed by atoms with van der Waals surface area (Å²) < 4.78 is 0. The lowest BCUT2D eigenvalue weighted by Gasteiger charge is -2.39. The van der Waals surface area contributed by atoms with Gasteiger partial charge in [-0.2, -0.15) is 0 Å². The highest BCUT2D eigenvalue weighted by Gasteiger charge is 2.47. The number of amides is 2. The van der Waals surface area contributed by atoms with Gasteiger partial charge in [-0.25, -0.2) is 0 Å². The number of carbonyl (C=O) groups is 3. The molecule has 0 saturated carbocycles. The lowest BCUT2D eigenvalue weighted by molar-refractivity contribution is -0.138. The third-order valence-electron chi connectivity index (χ3n) is 3.99. The Bertz CT molecular complexity index is 564. The number of fused-ring (bicyclic) bond motifs is 2. The second-order valence-electron chi connectivity index (χ2n) is 4.93. The molecular weight excluding hydrogens is 230 g/mol. The number of imide groups is 1. The second kappa shape index (κ2) is 3.77. The summed E-state index contributed by atoms with van der Waals surface area (Å²) in [4.78, 5) is 35.4. The first-order chi connectivity index (χ1) is 8.63. The number of Topliss-reactive ketones (excluding diaryl/α,β-unsaturated/α-hetero) is 1. The van der Waals surface area contributed by atoms with Gasteiger partial charge in [0.05, 0.1) is 5.41 Å². The molecule has 1 atom stereocenters. The minimum absolute atomic E-state index is 0.0842. The lowest BCUT2D eigenvalue weighted by Crippen LogP contribution is -2.53. The summed E-state index contributed by atoms with van der Waals surface area (Å²) in [6.07, 6.45) is 1.72. The van der Waals surface area contributed by atoms with Crippen molar-refractivity contribution in [3.63, 3.8) is 0 Å². The molecule has 1 heterocycles. The summed E-state index contributed by atoms with van der Waals surface area (Å²) >= 11 is 0. The fourth-order valence-corrected chi connectivity index (χ4v) is 2.98. The number of nitrogens with one attached hydrogen (secondary N) is 1. The Balaban J connectivity index is 2.14. The molecule has 1 fully saturated rings. The minimum Gasteiger partial charge on any atom is -0.296 e. The van der Waals surface area contributed by atoms with Gasteiger partial charge in [0, 0.05) is 18.4 Å². The topological polar surface area (TPSA) is 63.2 Å². The zero-order valence-corrected chi connectivity index (χ0v) is 9.86. The number of rotatable bonds is 0. The maximum atomic E-state index is 12.2. The molecule has 0 aromatic heterocycles. The zero-order valence-electron chi connectivity index (χ0n) is 9.86. The maximum Gasteiger partial charge on any atom is 0.237 e. The van der Waals surface area contributed by atoms with Gasteiger partial charge in [0.2, 0.25) is 11.8 Å². The Morgan fingerprint density at radius 3 is 2.50 bits per heavy atom. The number of carbonyl (C=O) groups excluding carboxylic acids is 3. The van der Waals surface area contributed by atoms with Crippen LogP contribution >= 0.6 is 0 Å². The molecule has 1 aliphatic carbocycles. The van der Waals surface area contributed by atoms with Crippen LogP contribution in [0.5, 0.6) is 0 Å². The van der Waals surface area contributed by atoms with E-state index in [-0.39, 0.29) is 17.6 Å². The predicted octanol–water partition coefficient (Wildman–Crippen LogP) is 1.34. The van der Waals surface area contributed by atoms with E-state index in [0.717, 1.165) is 5.56 Å². The van der Waals surface area contributed by atoms with Gasteiger partial charge in [0.15, 0.2) is 5.78 Å². The van der Waals surface area contributed by atoms with Crippen LogP contribution in [0.25, 0.3) is 0 Å². The summed E-state index contributed by atoms with van der Waals surface area (Å²) in [6, 6.07) is 7.24. The molecular formula is C14H13NO3. The quantitative estimate of drug-likeness (QED) is 0.699. The average molecular weight is 243 g/mol. The highest BCUT2D eigenvalue weighted by atomic mass is 16.2. The summed E-state index contributed by atoms with van der Waals surface area (Å²) in [5.74, 6) is -0.389. The largest absolute Gasteiger partial charge is 0.296 e. The Labute approximate surface area is 104 Å². The van der Waals surface area contributed by atoms with Gasteiger partial charge in [-0.1, -0.05) is 24.3 Å². The molecule has 1 aromatic carbocycles. The van der Waals surface area contributed by atoms with Crippen molar-refractivity contribution in [3.05, 3.63) is 35.4 Å². The maximum absolute atomic E-state index is 12.2. The van der Waals surface area contributed by atoms with E-state index in [1.807, 2.05) is 18.2 Å². The highest BCUT2D eigenvalue weighted by Crippen LogP contribution is 2.42. The SMILES string of the molecule is O=C1CC[C@@]2(CCC(=O)c3ccccc32)C(=O)N1. The second-order valence-corrected chi connectivity index (χ2v) is 4.93. The van der Waals surface area contributed by atoms with Gasteiger partial charge in [-0.15, -0.1) is 0 Å². The fraction of sp³-hybridized carbons (Fsp3) is 0.357. The molecule has 3 rings (SSSR count). The normalized spacial score (nSPS) is 27.0. The van der Waals surface area contributed by atoms with Crippen LogP contribution < -0.4 is 5.32 Å². The van der Waals surface area contributed by atoms with Crippen molar-refractivity contribution in [3.8, 4) is 0 Å². The minimum atomic E-state index is -0.682. The molecule has 4 nitrogen and oxygen atoms in total. The molecule has 0 bridgehead atoms. The van der Waals surface area contributed by atoms with Gasteiger partial charge < -0.3 is 0 Å². The van der Waals surface area contributed by atoms with Crippen LogP contribution in [0.15, 0.2) is 24.3 Å². The van der Waals surface area contributed by atoms with Gasteiger partial charge in [0.1, 0.15) is 0 Å². The van der Waals surface area contributed by atoms with Crippen molar-refractivity contribution in [1.82, 2.24) is 5.32 Å². The van der Waals surface area contributed by atoms with Crippen LogP contribution in [0, 0.1) is 0 Å². The van der Waals surface area contributed by atoms with Gasteiger partial charge in [-0.3, -0.25) is 19.7 Å². The van der Waals surface area contributed by atoms with Gasteiger partial charge >= 0.3 is 0 Å². The number of ketones is 1. The van der Waals surface area contributed by atoms with E-state index in [4.69, 9.17) is 0 Å². The van der Waals surface area contributed by atoms with E-state index in [2.05, 4.69) is 5.32 Å². The molecule has 0 unspecified atom stereocenters. The summed E-state index contributed by atoms with van der Waals surface area (Å²) in [7, 11) is 0. The smallest absolute Gasteiger partial charge is 0.237 e. The van der Waals surface area contributed by atoms with E-state index in [1.54, 1.807) is 6.07 Å². The summed E-state index contributed by atoms with van der Waals surface area (Å²) in [5, 5.41) is 2.41. The van der Waals surface area contributed by atoms with Crippen molar-refractivity contribution in [1.29, 1.82) is 0 Å². The van der Waals surface area contributed by atoms with E-state index >= 15 is 0 Å². The molecule has 1 N–H and O–H groups in total. The lowest BCUT2D eigenvalue weighted by atomic mass is 9.65. The number of benzene rings is 1. The predicted molar refractivity (Wildman–Crippen MR) is 64.1 cm³/mol. The van der Waals surface area contributed by atoms with Crippen molar-refractivity contribution in [2.45, 2.75) is 31.1 Å². The van der Waals surface area contributed by atoms with Crippen molar-refractivity contribution in [2.24, 2.45) is 0 Å². The first-order valence-electron chi connectivity index (χ1n) is 6.10. The van der Waals surface area contributed by atoms with Crippen LogP contribution in [0.3, 0.4) is 0 Å². The molecule has 2 amide bonds. The van der Waals surface area contributed by atoms with Crippen molar-refractivity contribution >= 4 is 17.6 Å². The molecule has 1 saturated heterocycles. The summed E-state index contributed by atoms with van der Waals surface area (Å²) in [5.41, 5.74) is 0.734. The molecule has 92 valence electrons.